The molecule has 1 fully saturated rings. The predicted molar refractivity (Wildman–Crippen MR) is 96.1 cm³/mol. The van der Waals surface area contributed by atoms with E-state index in [0.29, 0.717) is 23.0 Å². The van der Waals surface area contributed by atoms with Gasteiger partial charge in [-0.25, -0.2) is 4.98 Å². The highest BCUT2D eigenvalue weighted by Crippen LogP contribution is 2.30. The SMILES string of the molecule is O=C(Nc1nc2c(s1)CCC2)c1cccc(NC(=O)[C@H]2CCCO2)c1. The summed E-state index contributed by atoms with van der Waals surface area (Å²) in [6.07, 6.45) is 4.43. The number of aromatic nitrogens is 1. The molecular formula is C18H19N3O3S. The van der Waals surface area contributed by atoms with Gasteiger partial charge in [-0.3, -0.25) is 14.9 Å². The minimum absolute atomic E-state index is 0.161. The van der Waals surface area contributed by atoms with Crippen LogP contribution in [0.2, 0.25) is 0 Å². The molecule has 1 aliphatic carbocycles. The van der Waals surface area contributed by atoms with Crippen LogP contribution in [0.1, 0.15) is 40.2 Å². The summed E-state index contributed by atoms with van der Waals surface area (Å²) in [7, 11) is 0. The third kappa shape index (κ3) is 3.57. The molecule has 2 heterocycles. The highest BCUT2D eigenvalue weighted by molar-refractivity contribution is 7.16. The highest BCUT2D eigenvalue weighted by atomic mass is 32.1. The van der Waals surface area contributed by atoms with Crippen LogP contribution in [0, 0.1) is 0 Å². The lowest BCUT2D eigenvalue weighted by atomic mass is 10.1. The van der Waals surface area contributed by atoms with Crippen LogP contribution < -0.4 is 10.6 Å². The Labute approximate surface area is 149 Å². The maximum atomic E-state index is 12.5. The summed E-state index contributed by atoms with van der Waals surface area (Å²) in [4.78, 5) is 30.3. The summed E-state index contributed by atoms with van der Waals surface area (Å²) in [6, 6.07) is 6.91. The van der Waals surface area contributed by atoms with Gasteiger partial charge in [0.1, 0.15) is 6.10 Å². The van der Waals surface area contributed by atoms with Crippen LogP contribution in [0.25, 0.3) is 0 Å². The Bertz CT molecular complexity index is 790. The Hall–Kier alpha value is -2.25. The number of fused-ring (bicyclic) bond motifs is 1. The Morgan fingerprint density at radius 2 is 2.12 bits per heavy atom. The molecule has 25 heavy (non-hydrogen) atoms. The molecule has 1 aromatic heterocycles. The Morgan fingerprint density at radius 1 is 1.20 bits per heavy atom. The first kappa shape index (κ1) is 16.2. The number of anilines is 2. The lowest BCUT2D eigenvalue weighted by Gasteiger charge is -2.11. The maximum absolute atomic E-state index is 12.5. The molecule has 2 amide bonds. The maximum Gasteiger partial charge on any atom is 0.257 e. The van der Waals surface area contributed by atoms with Crippen molar-refractivity contribution in [1.29, 1.82) is 0 Å². The van der Waals surface area contributed by atoms with Gasteiger partial charge in [0.15, 0.2) is 5.13 Å². The number of benzene rings is 1. The van der Waals surface area contributed by atoms with E-state index < -0.39 is 6.10 Å². The summed E-state index contributed by atoms with van der Waals surface area (Å²) >= 11 is 1.55. The van der Waals surface area contributed by atoms with Crippen molar-refractivity contribution in [2.45, 2.75) is 38.2 Å². The van der Waals surface area contributed by atoms with Gasteiger partial charge in [0, 0.05) is 22.7 Å². The van der Waals surface area contributed by atoms with Crippen LogP contribution in [0.15, 0.2) is 24.3 Å². The second kappa shape index (κ2) is 6.93. The van der Waals surface area contributed by atoms with Crippen molar-refractivity contribution < 1.29 is 14.3 Å². The number of ether oxygens (including phenoxy) is 1. The number of nitrogens with zero attached hydrogens (tertiary/aromatic N) is 1. The molecule has 1 atom stereocenters. The number of nitrogens with one attached hydrogen (secondary N) is 2. The third-order valence-electron chi connectivity index (χ3n) is 4.43. The van der Waals surface area contributed by atoms with Gasteiger partial charge >= 0.3 is 0 Å². The van der Waals surface area contributed by atoms with Gasteiger partial charge in [-0.15, -0.1) is 11.3 Å². The Morgan fingerprint density at radius 3 is 2.92 bits per heavy atom. The third-order valence-corrected chi connectivity index (χ3v) is 5.50. The average Bonchev–Trinajstić information content (AvgIpc) is 3.32. The first-order chi connectivity index (χ1) is 12.2. The van der Waals surface area contributed by atoms with E-state index in [1.165, 1.54) is 4.88 Å². The molecule has 2 aliphatic rings. The number of aryl methyl sites for hydroxylation is 2. The van der Waals surface area contributed by atoms with Gasteiger partial charge < -0.3 is 10.1 Å². The quantitative estimate of drug-likeness (QED) is 0.881. The van der Waals surface area contributed by atoms with Crippen LogP contribution in [0.4, 0.5) is 10.8 Å². The van der Waals surface area contributed by atoms with E-state index in [9.17, 15) is 9.59 Å². The van der Waals surface area contributed by atoms with Crippen molar-refractivity contribution in [3.63, 3.8) is 0 Å². The van der Waals surface area contributed by atoms with E-state index in [1.54, 1.807) is 35.6 Å². The number of hydrogen-bond donors (Lipinski definition) is 2. The first-order valence-electron chi connectivity index (χ1n) is 8.51. The molecule has 0 radical (unpaired) electrons. The first-order valence-corrected chi connectivity index (χ1v) is 9.33. The van der Waals surface area contributed by atoms with Crippen molar-refractivity contribution in [2.24, 2.45) is 0 Å². The molecule has 0 unspecified atom stereocenters. The van der Waals surface area contributed by atoms with Crippen LogP contribution in [-0.4, -0.2) is 29.5 Å². The van der Waals surface area contributed by atoms with E-state index in [0.717, 1.165) is 37.8 Å². The standard InChI is InChI=1S/C18H19N3O3S/c22-16(21-18-20-13-6-2-8-15(13)25-18)11-4-1-5-12(10-11)19-17(23)14-7-3-9-24-14/h1,4-5,10,14H,2-3,6-9H2,(H,19,23)(H,20,21,22)/t14-/m1/s1. The zero-order valence-corrected chi connectivity index (χ0v) is 14.5. The van der Waals surface area contributed by atoms with E-state index in [-0.39, 0.29) is 11.8 Å². The second-order valence-electron chi connectivity index (χ2n) is 6.27. The minimum atomic E-state index is -0.393. The summed E-state index contributed by atoms with van der Waals surface area (Å²) in [6.45, 7) is 0.623. The predicted octanol–water partition coefficient (Wildman–Crippen LogP) is 3.00. The molecule has 1 saturated heterocycles. The molecule has 6 nitrogen and oxygen atoms in total. The number of hydrogen-bond acceptors (Lipinski definition) is 5. The van der Waals surface area contributed by atoms with Crippen molar-refractivity contribution >= 4 is 34.0 Å². The molecule has 4 rings (SSSR count). The number of carbonyl (C=O) groups excluding carboxylic acids is 2. The average molecular weight is 357 g/mol. The molecule has 1 aliphatic heterocycles. The fourth-order valence-corrected chi connectivity index (χ4v) is 4.20. The molecule has 0 bridgehead atoms. The minimum Gasteiger partial charge on any atom is -0.368 e. The highest BCUT2D eigenvalue weighted by Gasteiger charge is 2.24. The molecule has 0 spiro atoms. The normalized spacial score (nSPS) is 18.8. The zero-order valence-electron chi connectivity index (χ0n) is 13.7. The molecule has 130 valence electrons. The number of amides is 2. The fraction of sp³-hybridized carbons (Fsp3) is 0.389. The molecular weight excluding hydrogens is 338 g/mol. The summed E-state index contributed by atoms with van der Waals surface area (Å²) in [5, 5.41) is 6.31. The van der Waals surface area contributed by atoms with Crippen molar-refractivity contribution in [3.8, 4) is 0 Å². The molecule has 2 N–H and O–H groups in total. The van der Waals surface area contributed by atoms with Crippen LogP contribution in [0.3, 0.4) is 0 Å². The number of thiazole rings is 1. The van der Waals surface area contributed by atoms with Crippen LogP contribution in [-0.2, 0) is 22.4 Å². The molecule has 2 aromatic rings. The molecule has 1 aromatic carbocycles. The summed E-state index contributed by atoms with van der Waals surface area (Å²) < 4.78 is 5.38. The van der Waals surface area contributed by atoms with E-state index in [2.05, 4.69) is 15.6 Å². The summed E-state index contributed by atoms with van der Waals surface area (Å²) in [5.74, 6) is -0.382. The van der Waals surface area contributed by atoms with Crippen LogP contribution >= 0.6 is 11.3 Å². The van der Waals surface area contributed by atoms with Crippen LogP contribution in [0.5, 0.6) is 0 Å². The van der Waals surface area contributed by atoms with Gasteiger partial charge in [-0.1, -0.05) is 6.07 Å². The Kier molecular flexibility index (Phi) is 4.50. The smallest absolute Gasteiger partial charge is 0.257 e. The van der Waals surface area contributed by atoms with E-state index in [4.69, 9.17) is 4.74 Å². The summed E-state index contributed by atoms with van der Waals surface area (Å²) in [5.41, 5.74) is 2.19. The molecule has 0 saturated carbocycles. The van der Waals surface area contributed by atoms with Gasteiger partial charge in [-0.2, -0.15) is 0 Å². The topological polar surface area (TPSA) is 80.3 Å². The van der Waals surface area contributed by atoms with E-state index >= 15 is 0 Å². The van der Waals surface area contributed by atoms with Crippen molar-refractivity contribution in [2.75, 3.05) is 17.2 Å². The molecule has 7 heteroatoms. The number of rotatable bonds is 4. The second-order valence-corrected chi connectivity index (χ2v) is 7.35. The zero-order chi connectivity index (χ0) is 17.2. The Balaban J connectivity index is 1.42. The van der Waals surface area contributed by atoms with Crippen molar-refractivity contribution in [3.05, 3.63) is 40.4 Å². The van der Waals surface area contributed by atoms with Gasteiger partial charge in [0.2, 0.25) is 0 Å². The fourth-order valence-electron chi connectivity index (χ4n) is 3.16. The lowest BCUT2D eigenvalue weighted by Crippen LogP contribution is -2.27. The number of carbonyl (C=O) groups is 2. The van der Waals surface area contributed by atoms with Gasteiger partial charge in [-0.05, 0) is 50.3 Å². The largest absolute Gasteiger partial charge is 0.368 e. The monoisotopic (exact) mass is 357 g/mol. The van der Waals surface area contributed by atoms with Crippen molar-refractivity contribution in [1.82, 2.24) is 4.98 Å². The van der Waals surface area contributed by atoms with Gasteiger partial charge in [0.05, 0.1) is 5.69 Å². The van der Waals surface area contributed by atoms with Gasteiger partial charge in [0.25, 0.3) is 11.8 Å². The van der Waals surface area contributed by atoms with E-state index in [1.807, 2.05) is 0 Å². The lowest BCUT2D eigenvalue weighted by molar-refractivity contribution is -0.124.